The van der Waals surface area contributed by atoms with E-state index in [4.69, 9.17) is 0 Å². The lowest BCUT2D eigenvalue weighted by Gasteiger charge is -2.07. The third-order valence-corrected chi connectivity index (χ3v) is 4.96. The Balaban J connectivity index is 1.85. The number of fused-ring (bicyclic) bond motifs is 1. The van der Waals surface area contributed by atoms with E-state index in [2.05, 4.69) is 21.8 Å². The third-order valence-electron chi connectivity index (χ3n) is 3.47. The molecule has 22 heavy (non-hydrogen) atoms. The fourth-order valence-electron chi connectivity index (χ4n) is 2.45. The largest absolute Gasteiger partial charge is 0.355 e. The van der Waals surface area contributed by atoms with Crippen LogP contribution in [0, 0.1) is 0 Å². The second-order valence-corrected chi connectivity index (χ2v) is 7.11. The summed E-state index contributed by atoms with van der Waals surface area (Å²) in [5, 5.41) is 1.16. The smallest absolute Gasteiger partial charge is 0.232 e. The SMILES string of the molecule is CCCS(=O)(=O)Nc1ccc(-c2cc3ccccc3[nH]2)cc1. The maximum atomic E-state index is 11.8. The first-order chi connectivity index (χ1) is 10.6. The summed E-state index contributed by atoms with van der Waals surface area (Å²) < 4.78 is 26.1. The maximum Gasteiger partial charge on any atom is 0.232 e. The Labute approximate surface area is 130 Å². The molecule has 114 valence electrons. The highest BCUT2D eigenvalue weighted by Gasteiger charge is 2.09. The number of hydrogen-bond donors (Lipinski definition) is 2. The zero-order valence-corrected chi connectivity index (χ0v) is 13.2. The van der Waals surface area contributed by atoms with E-state index < -0.39 is 10.0 Å². The van der Waals surface area contributed by atoms with Crippen LogP contribution < -0.4 is 4.72 Å². The van der Waals surface area contributed by atoms with Crippen molar-refractivity contribution in [1.29, 1.82) is 0 Å². The maximum absolute atomic E-state index is 11.8. The van der Waals surface area contributed by atoms with Crippen molar-refractivity contribution < 1.29 is 8.42 Å². The second-order valence-electron chi connectivity index (χ2n) is 5.27. The lowest BCUT2D eigenvalue weighted by atomic mass is 10.1. The average Bonchev–Trinajstić information content (AvgIpc) is 2.91. The summed E-state index contributed by atoms with van der Waals surface area (Å²) in [4.78, 5) is 3.36. The third kappa shape index (κ3) is 3.14. The van der Waals surface area contributed by atoms with Gasteiger partial charge in [0.15, 0.2) is 0 Å². The molecule has 0 unspecified atom stereocenters. The van der Waals surface area contributed by atoms with Crippen LogP contribution >= 0.6 is 0 Å². The van der Waals surface area contributed by atoms with Gasteiger partial charge in [-0.05, 0) is 36.2 Å². The number of sulfonamides is 1. The zero-order chi connectivity index (χ0) is 15.6. The highest BCUT2D eigenvalue weighted by atomic mass is 32.2. The molecule has 0 aliphatic heterocycles. The summed E-state index contributed by atoms with van der Waals surface area (Å²) in [6, 6.07) is 17.6. The molecule has 2 N–H and O–H groups in total. The van der Waals surface area contributed by atoms with Crippen molar-refractivity contribution in [1.82, 2.24) is 4.98 Å². The van der Waals surface area contributed by atoms with Crippen LogP contribution in [0.15, 0.2) is 54.6 Å². The predicted molar refractivity (Wildman–Crippen MR) is 91.4 cm³/mol. The summed E-state index contributed by atoms with van der Waals surface area (Å²) in [6.07, 6.45) is 0.600. The van der Waals surface area contributed by atoms with Crippen molar-refractivity contribution in [3.63, 3.8) is 0 Å². The highest BCUT2D eigenvalue weighted by Crippen LogP contribution is 2.25. The number of nitrogens with one attached hydrogen (secondary N) is 2. The Morgan fingerprint density at radius 1 is 1.05 bits per heavy atom. The van der Waals surface area contributed by atoms with Crippen LogP contribution in [0.4, 0.5) is 5.69 Å². The van der Waals surface area contributed by atoms with Gasteiger partial charge in [-0.25, -0.2) is 8.42 Å². The van der Waals surface area contributed by atoms with E-state index in [1.165, 1.54) is 0 Å². The first kappa shape index (κ1) is 14.7. The molecule has 5 heteroatoms. The molecule has 0 atom stereocenters. The molecule has 0 fully saturated rings. The zero-order valence-electron chi connectivity index (χ0n) is 12.3. The number of aromatic nitrogens is 1. The van der Waals surface area contributed by atoms with Crippen LogP contribution in [-0.2, 0) is 10.0 Å². The summed E-state index contributed by atoms with van der Waals surface area (Å²) in [5.74, 6) is 0.136. The summed E-state index contributed by atoms with van der Waals surface area (Å²) >= 11 is 0. The molecule has 3 rings (SSSR count). The molecule has 3 aromatic rings. The van der Waals surface area contributed by atoms with Crippen molar-refractivity contribution in [2.75, 3.05) is 10.5 Å². The van der Waals surface area contributed by atoms with Gasteiger partial charge in [-0.2, -0.15) is 0 Å². The van der Waals surface area contributed by atoms with Gasteiger partial charge in [0.05, 0.1) is 5.75 Å². The number of para-hydroxylation sites is 1. The van der Waals surface area contributed by atoms with Crippen LogP contribution in [0.3, 0.4) is 0 Å². The van der Waals surface area contributed by atoms with Gasteiger partial charge in [0, 0.05) is 22.3 Å². The van der Waals surface area contributed by atoms with Crippen molar-refractivity contribution in [3.05, 3.63) is 54.6 Å². The van der Waals surface area contributed by atoms with Gasteiger partial charge in [-0.3, -0.25) is 4.72 Å². The molecule has 0 aliphatic carbocycles. The quantitative estimate of drug-likeness (QED) is 0.748. The van der Waals surface area contributed by atoms with E-state index in [9.17, 15) is 8.42 Å². The van der Waals surface area contributed by atoms with Gasteiger partial charge in [0.1, 0.15) is 0 Å². The van der Waals surface area contributed by atoms with Gasteiger partial charge >= 0.3 is 0 Å². The van der Waals surface area contributed by atoms with E-state index in [0.717, 1.165) is 22.2 Å². The Bertz CT molecular complexity index is 847. The van der Waals surface area contributed by atoms with Crippen LogP contribution in [0.5, 0.6) is 0 Å². The molecule has 4 nitrogen and oxygen atoms in total. The van der Waals surface area contributed by atoms with Crippen molar-refractivity contribution in [3.8, 4) is 11.3 Å². The number of H-pyrrole nitrogens is 1. The lowest BCUT2D eigenvalue weighted by molar-refractivity contribution is 0.600. The van der Waals surface area contributed by atoms with Crippen molar-refractivity contribution in [2.24, 2.45) is 0 Å². The van der Waals surface area contributed by atoms with Crippen LogP contribution in [-0.4, -0.2) is 19.2 Å². The van der Waals surface area contributed by atoms with Gasteiger partial charge in [-0.1, -0.05) is 37.3 Å². The van der Waals surface area contributed by atoms with E-state index in [1.807, 2.05) is 37.3 Å². The van der Waals surface area contributed by atoms with E-state index in [-0.39, 0.29) is 5.75 Å². The van der Waals surface area contributed by atoms with Crippen LogP contribution in [0.25, 0.3) is 22.2 Å². The lowest BCUT2D eigenvalue weighted by Crippen LogP contribution is -2.15. The normalized spacial score (nSPS) is 11.7. The molecule has 0 saturated heterocycles. The standard InChI is InChI=1S/C17H18N2O2S/c1-2-11-22(20,21)19-15-9-7-13(8-10-15)17-12-14-5-3-4-6-16(14)18-17/h3-10,12,18-19H,2,11H2,1H3. The van der Waals surface area contributed by atoms with E-state index in [0.29, 0.717) is 12.1 Å². The highest BCUT2D eigenvalue weighted by molar-refractivity contribution is 7.92. The monoisotopic (exact) mass is 314 g/mol. The van der Waals surface area contributed by atoms with Crippen molar-refractivity contribution >= 4 is 26.6 Å². The molecular weight excluding hydrogens is 296 g/mol. The molecule has 1 aromatic heterocycles. The molecule has 0 bridgehead atoms. The van der Waals surface area contributed by atoms with Gasteiger partial charge in [0.2, 0.25) is 10.0 Å². The minimum atomic E-state index is -3.24. The minimum absolute atomic E-state index is 0.136. The molecule has 0 radical (unpaired) electrons. The summed E-state index contributed by atoms with van der Waals surface area (Å²) in [7, 11) is -3.24. The van der Waals surface area contributed by atoms with Crippen LogP contribution in [0.1, 0.15) is 13.3 Å². The Kier molecular flexibility index (Phi) is 3.90. The number of aromatic amines is 1. The molecule has 0 aliphatic rings. The minimum Gasteiger partial charge on any atom is -0.355 e. The first-order valence-electron chi connectivity index (χ1n) is 7.26. The Morgan fingerprint density at radius 2 is 1.77 bits per heavy atom. The number of hydrogen-bond acceptors (Lipinski definition) is 2. The Morgan fingerprint density at radius 3 is 2.45 bits per heavy atom. The van der Waals surface area contributed by atoms with Crippen LogP contribution in [0.2, 0.25) is 0 Å². The number of anilines is 1. The molecule has 0 amide bonds. The average molecular weight is 314 g/mol. The van der Waals surface area contributed by atoms with E-state index >= 15 is 0 Å². The van der Waals surface area contributed by atoms with Gasteiger partial charge < -0.3 is 4.98 Å². The van der Waals surface area contributed by atoms with Gasteiger partial charge in [-0.15, -0.1) is 0 Å². The molecular formula is C17H18N2O2S. The topological polar surface area (TPSA) is 62.0 Å². The number of rotatable bonds is 5. The fraction of sp³-hybridized carbons (Fsp3) is 0.176. The molecule has 1 heterocycles. The Hall–Kier alpha value is -2.27. The second kappa shape index (κ2) is 5.85. The predicted octanol–water partition coefficient (Wildman–Crippen LogP) is 3.99. The molecule has 0 spiro atoms. The number of benzene rings is 2. The molecule has 0 saturated carbocycles. The summed E-state index contributed by atoms with van der Waals surface area (Å²) in [5.41, 5.74) is 3.72. The van der Waals surface area contributed by atoms with Gasteiger partial charge in [0.25, 0.3) is 0 Å². The molecule has 2 aromatic carbocycles. The summed E-state index contributed by atoms with van der Waals surface area (Å²) in [6.45, 7) is 1.85. The fourth-order valence-corrected chi connectivity index (χ4v) is 3.58. The van der Waals surface area contributed by atoms with E-state index in [1.54, 1.807) is 12.1 Å². The first-order valence-corrected chi connectivity index (χ1v) is 8.91. The van der Waals surface area contributed by atoms with Crippen molar-refractivity contribution in [2.45, 2.75) is 13.3 Å².